The van der Waals surface area contributed by atoms with Gasteiger partial charge in [-0.2, -0.15) is 5.10 Å². The second kappa shape index (κ2) is 5.92. The van der Waals surface area contributed by atoms with Crippen molar-refractivity contribution in [1.29, 1.82) is 0 Å². The van der Waals surface area contributed by atoms with Crippen LogP contribution in [0.2, 0.25) is 0 Å². The van der Waals surface area contributed by atoms with E-state index in [9.17, 15) is 4.79 Å². The minimum atomic E-state index is 0.0482. The second-order valence-corrected chi connectivity index (χ2v) is 5.73. The molecule has 1 aliphatic heterocycles. The fraction of sp³-hybridized carbons (Fsp3) is 0.533. The van der Waals surface area contributed by atoms with E-state index in [0.29, 0.717) is 12.1 Å². The first-order chi connectivity index (χ1) is 10.6. The molecule has 0 N–H and O–H groups in total. The summed E-state index contributed by atoms with van der Waals surface area (Å²) in [4.78, 5) is 21.3. The number of likely N-dealkylation sites (N-methyl/N-ethyl adjacent to an activating group) is 1. The molecule has 2 aromatic heterocycles. The van der Waals surface area contributed by atoms with E-state index in [1.54, 1.807) is 17.1 Å². The van der Waals surface area contributed by atoms with Gasteiger partial charge in [-0.05, 0) is 14.0 Å². The van der Waals surface area contributed by atoms with Gasteiger partial charge in [0.05, 0.1) is 17.8 Å². The predicted molar refractivity (Wildman–Crippen MR) is 82.4 cm³/mol. The van der Waals surface area contributed by atoms with Crippen molar-refractivity contribution in [3.05, 3.63) is 36.2 Å². The fourth-order valence-corrected chi connectivity index (χ4v) is 2.86. The first-order valence-corrected chi connectivity index (χ1v) is 7.59. The van der Waals surface area contributed by atoms with Crippen molar-refractivity contribution >= 4 is 5.91 Å². The highest BCUT2D eigenvalue weighted by Crippen LogP contribution is 2.23. The van der Waals surface area contributed by atoms with E-state index in [4.69, 9.17) is 0 Å². The van der Waals surface area contributed by atoms with Gasteiger partial charge in [0.25, 0.3) is 5.91 Å². The van der Waals surface area contributed by atoms with Gasteiger partial charge < -0.3 is 9.47 Å². The van der Waals surface area contributed by atoms with Crippen LogP contribution in [0.4, 0.5) is 0 Å². The Morgan fingerprint density at radius 2 is 2.18 bits per heavy atom. The lowest BCUT2D eigenvalue weighted by Crippen LogP contribution is -2.49. The standard InChI is InChI=1S/C15H22N6O/c1-4-21-10-12(9-17-21)15(22)20-8-7-18(2)13(11-20)14-16-5-6-19(14)3/h5-6,9-10,13H,4,7-8,11H2,1-3H3/t13-/m0/s1. The monoisotopic (exact) mass is 302 g/mol. The number of hydrogen-bond acceptors (Lipinski definition) is 4. The van der Waals surface area contributed by atoms with Crippen molar-refractivity contribution in [3.63, 3.8) is 0 Å². The number of carbonyl (C=O) groups excluding carboxylic acids is 1. The summed E-state index contributed by atoms with van der Waals surface area (Å²) in [6.45, 7) is 5.00. The van der Waals surface area contributed by atoms with Crippen LogP contribution in [0, 0.1) is 0 Å². The van der Waals surface area contributed by atoms with Crippen LogP contribution in [0.3, 0.4) is 0 Å². The van der Waals surface area contributed by atoms with Crippen LogP contribution < -0.4 is 0 Å². The molecule has 22 heavy (non-hydrogen) atoms. The number of piperazine rings is 1. The first-order valence-electron chi connectivity index (χ1n) is 7.59. The Hall–Kier alpha value is -2.15. The highest BCUT2D eigenvalue weighted by atomic mass is 16.2. The molecule has 1 fully saturated rings. The van der Waals surface area contributed by atoms with Gasteiger partial charge in [-0.1, -0.05) is 0 Å². The van der Waals surface area contributed by atoms with Crippen molar-refractivity contribution < 1.29 is 4.79 Å². The van der Waals surface area contributed by atoms with Crippen molar-refractivity contribution in [1.82, 2.24) is 29.1 Å². The topological polar surface area (TPSA) is 59.2 Å². The van der Waals surface area contributed by atoms with Crippen molar-refractivity contribution in [2.24, 2.45) is 7.05 Å². The SMILES string of the molecule is CCn1cc(C(=O)N2CCN(C)[C@H](c3nccn3C)C2)cn1. The summed E-state index contributed by atoms with van der Waals surface area (Å²) in [5.41, 5.74) is 0.657. The molecule has 2 aromatic rings. The molecule has 0 aliphatic carbocycles. The minimum absolute atomic E-state index is 0.0482. The number of imidazole rings is 1. The number of amides is 1. The molecular weight excluding hydrogens is 280 g/mol. The van der Waals surface area contributed by atoms with E-state index in [0.717, 1.165) is 25.5 Å². The van der Waals surface area contributed by atoms with Crippen molar-refractivity contribution in [2.45, 2.75) is 19.5 Å². The first kappa shape index (κ1) is 14.8. The average Bonchev–Trinajstić information content (AvgIpc) is 3.16. The molecule has 7 heteroatoms. The number of rotatable bonds is 3. The summed E-state index contributed by atoms with van der Waals surface area (Å²) < 4.78 is 3.80. The molecule has 3 heterocycles. The second-order valence-electron chi connectivity index (χ2n) is 5.73. The van der Waals surface area contributed by atoms with Crippen LogP contribution in [0.25, 0.3) is 0 Å². The normalized spacial score (nSPS) is 19.6. The zero-order valence-electron chi connectivity index (χ0n) is 13.3. The zero-order valence-corrected chi connectivity index (χ0v) is 13.3. The zero-order chi connectivity index (χ0) is 15.7. The molecule has 1 amide bonds. The number of hydrogen-bond donors (Lipinski definition) is 0. The van der Waals surface area contributed by atoms with Gasteiger partial charge in [-0.15, -0.1) is 0 Å². The Balaban J connectivity index is 1.78. The Kier molecular flexibility index (Phi) is 3.98. The van der Waals surface area contributed by atoms with Gasteiger partial charge in [0.15, 0.2) is 0 Å². The van der Waals surface area contributed by atoms with Crippen LogP contribution in [0.5, 0.6) is 0 Å². The molecular formula is C15H22N6O. The number of nitrogens with zero attached hydrogens (tertiary/aromatic N) is 6. The molecule has 0 spiro atoms. The van der Waals surface area contributed by atoms with Crippen LogP contribution in [-0.2, 0) is 13.6 Å². The van der Waals surface area contributed by atoms with E-state index in [1.165, 1.54) is 0 Å². The molecule has 0 unspecified atom stereocenters. The highest BCUT2D eigenvalue weighted by Gasteiger charge is 2.31. The van der Waals surface area contributed by atoms with Gasteiger partial charge in [0.1, 0.15) is 5.82 Å². The summed E-state index contributed by atoms with van der Waals surface area (Å²) in [5.74, 6) is 1.04. The molecule has 3 rings (SSSR count). The largest absolute Gasteiger partial charge is 0.337 e. The lowest BCUT2D eigenvalue weighted by atomic mass is 10.1. The number of aromatic nitrogens is 4. The fourth-order valence-electron chi connectivity index (χ4n) is 2.86. The molecule has 1 atom stereocenters. The smallest absolute Gasteiger partial charge is 0.257 e. The van der Waals surface area contributed by atoms with Gasteiger partial charge in [-0.3, -0.25) is 14.4 Å². The molecule has 0 saturated carbocycles. The highest BCUT2D eigenvalue weighted by molar-refractivity contribution is 5.93. The molecule has 118 valence electrons. The maximum absolute atomic E-state index is 12.7. The molecule has 7 nitrogen and oxygen atoms in total. The lowest BCUT2D eigenvalue weighted by Gasteiger charge is -2.38. The van der Waals surface area contributed by atoms with E-state index < -0.39 is 0 Å². The van der Waals surface area contributed by atoms with Crippen LogP contribution in [-0.4, -0.2) is 61.7 Å². The van der Waals surface area contributed by atoms with Gasteiger partial charge in [-0.25, -0.2) is 4.98 Å². The van der Waals surface area contributed by atoms with Gasteiger partial charge in [0.2, 0.25) is 0 Å². The van der Waals surface area contributed by atoms with E-state index in [1.807, 2.05) is 35.8 Å². The number of carbonyl (C=O) groups is 1. The summed E-state index contributed by atoms with van der Waals surface area (Å²) in [6, 6.07) is 0.124. The van der Waals surface area contributed by atoms with E-state index in [-0.39, 0.29) is 11.9 Å². The van der Waals surface area contributed by atoms with E-state index >= 15 is 0 Å². The van der Waals surface area contributed by atoms with Gasteiger partial charge >= 0.3 is 0 Å². The Bertz CT molecular complexity index is 661. The summed E-state index contributed by atoms with van der Waals surface area (Å²) in [7, 11) is 4.07. The van der Waals surface area contributed by atoms with Crippen LogP contribution in [0.1, 0.15) is 29.1 Å². The summed E-state index contributed by atoms with van der Waals surface area (Å²) >= 11 is 0. The third kappa shape index (κ3) is 2.64. The molecule has 0 radical (unpaired) electrons. The maximum atomic E-state index is 12.7. The lowest BCUT2D eigenvalue weighted by molar-refractivity contribution is 0.0528. The van der Waals surface area contributed by atoms with Crippen LogP contribution in [0.15, 0.2) is 24.8 Å². The van der Waals surface area contributed by atoms with E-state index in [2.05, 4.69) is 22.0 Å². The summed E-state index contributed by atoms with van der Waals surface area (Å²) in [5, 5.41) is 4.19. The summed E-state index contributed by atoms with van der Waals surface area (Å²) in [6.07, 6.45) is 7.21. The predicted octanol–water partition coefficient (Wildman–Crippen LogP) is 0.765. The molecule has 0 bridgehead atoms. The van der Waals surface area contributed by atoms with Gasteiger partial charge in [0, 0.05) is 51.8 Å². The third-order valence-electron chi connectivity index (χ3n) is 4.30. The van der Waals surface area contributed by atoms with Crippen LogP contribution >= 0.6 is 0 Å². The maximum Gasteiger partial charge on any atom is 0.257 e. The minimum Gasteiger partial charge on any atom is -0.337 e. The average molecular weight is 302 g/mol. The quantitative estimate of drug-likeness (QED) is 0.840. The number of aryl methyl sites for hydroxylation is 2. The van der Waals surface area contributed by atoms with Crippen molar-refractivity contribution in [3.8, 4) is 0 Å². The molecule has 1 saturated heterocycles. The van der Waals surface area contributed by atoms with Crippen molar-refractivity contribution in [2.75, 3.05) is 26.7 Å². The Labute approximate surface area is 130 Å². The molecule has 1 aliphatic rings. The molecule has 0 aromatic carbocycles. The Morgan fingerprint density at radius 1 is 1.36 bits per heavy atom. The third-order valence-corrected chi connectivity index (χ3v) is 4.30. The Morgan fingerprint density at radius 3 is 2.82 bits per heavy atom.